The molecular formula is C30H36F3N7O5S. The number of rotatable bonds is 6. The molecular weight excluding hydrogens is 627 g/mol. The zero-order chi connectivity index (χ0) is 32.9. The van der Waals surface area contributed by atoms with Gasteiger partial charge < -0.3 is 19.9 Å². The normalized spacial score (nSPS) is 21.7. The van der Waals surface area contributed by atoms with Gasteiger partial charge in [-0.2, -0.15) is 21.6 Å². The van der Waals surface area contributed by atoms with Crippen molar-refractivity contribution in [3.8, 4) is 11.7 Å². The van der Waals surface area contributed by atoms with Crippen LogP contribution in [0.25, 0.3) is 5.82 Å². The molecule has 4 bridgehead atoms. The van der Waals surface area contributed by atoms with Crippen molar-refractivity contribution >= 4 is 27.6 Å². The smallest absolute Gasteiger partial charge is 0.394 e. The zero-order valence-corrected chi connectivity index (χ0v) is 26.3. The summed E-state index contributed by atoms with van der Waals surface area (Å²) in [5.74, 6) is 0.397. The molecule has 2 aliphatic heterocycles. The number of aromatic amines is 1. The van der Waals surface area contributed by atoms with Crippen LogP contribution < -0.4 is 25.1 Å². The van der Waals surface area contributed by atoms with E-state index in [0.29, 0.717) is 18.9 Å². The number of ether oxygens (including phenoxy) is 1. The Kier molecular flexibility index (Phi) is 8.05. The molecule has 1 atom stereocenters. The van der Waals surface area contributed by atoms with Gasteiger partial charge in [-0.05, 0) is 76.8 Å². The third kappa shape index (κ3) is 6.44. The molecule has 3 aromatic rings. The lowest BCUT2D eigenvalue weighted by molar-refractivity contribution is -0.189. The Bertz CT molecular complexity index is 1800. The van der Waals surface area contributed by atoms with Crippen molar-refractivity contribution in [2.75, 3.05) is 29.9 Å². The van der Waals surface area contributed by atoms with Gasteiger partial charge in [0, 0.05) is 43.0 Å². The van der Waals surface area contributed by atoms with E-state index in [9.17, 15) is 31.2 Å². The van der Waals surface area contributed by atoms with Gasteiger partial charge in [-0.15, -0.1) is 5.10 Å². The maximum Gasteiger partial charge on any atom is 0.394 e. The number of alkyl halides is 3. The van der Waals surface area contributed by atoms with Crippen LogP contribution in [0.1, 0.15) is 69.2 Å². The first-order valence-corrected chi connectivity index (χ1v) is 16.7. The number of nitrogens with one attached hydrogen (secondary N) is 3. The van der Waals surface area contributed by atoms with Crippen LogP contribution in [-0.2, 0) is 10.0 Å². The number of aromatic nitrogens is 4. The number of hydrogen-bond donors (Lipinski definition) is 3. The van der Waals surface area contributed by atoms with E-state index >= 15 is 0 Å². The van der Waals surface area contributed by atoms with Gasteiger partial charge in [0.2, 0.25) is 5.88 Å². The van der Waals surface area contributed by atoms with E-state index in [-0.39, 0.29) is 61.3 Å². The highest BCUT2D eigenvalue weighted by Gasteiger charge is 2.62. The second-order valence-corrected chi connectivity index (χ2v) is 14.6. The van der Waals surface area contributed by atoms with Gasteiger partial charge in [0.15, 0.2) is 16.3 Å². The van der Waals surface area contributed by atoms with E-state index in [1.807, 2.05) is 18.7 Å². The van der Waals surface area contributed by atoms with Gasteiger partial charge in [-0.1, -0.05) is 0 Å². The molecule has 0 aromatic carbocycles. The molecule has 1 saturated heterocycles. The summed E-state index contributed by atoms with van der Waals surface area (Å²) in [6.45, 7) is 5.25. The second-order valence-electron chi connectivity index (χ2n) is 13.0. The number of H-pyrrole nitrogens is 1. The Balaban J connectivity index is 1.28. The number of carbonyl (C=O) groups excluding carboxylic acids is 1. The average molecular weight is 664 g/mol. The lowest BCUT2D eigenvalue weighted by atomic mass is 9.93. The van der Waals surface area contributed by atoms with E-state index in [2.05, 4.69) is 20.1 Å². The third-order valence-corrected chi connectivity index (χ3v) is 10.3. The summed E-state index contributed by atoms with van der Waals surface area (Å²) in [6, 6.07) is 6.74. The number of fused-ring (bicyclic) bond motifs is 6. The van der Waals surface area contributed by atoms with Crippen molar-refractivity contribution in [2.45, 2.75) is 75.5 Å². The van der Waals surface area contributed by atoms with Crippen molar-refractivity contribution in [1.29, 1.82) is 0 Å². The van der Waals surface area contributed by atoms with Crippen molar-refractivity contribution in [3.05, 3.63) is 52.3 Å². The Morgan fingerprint density at radius 1 is 1.13 bits per heavy atom. The van der Waals surface area contributed by atoms with E-state index < -0.39 is 43.5 Å². The molecule has 3 aromatic heterocycles. The number of anilines is 2. The minimum absolute atomic E-state index is 0.00597. The number of hydrogen-bond acceptors (Lipinski definition) is 9. The van der Waals surface area contributed by atoms with E-state index in [1.165, 1.54) is 22.9 Å². The Morgan fingerprint density at radius 2 is 1.91 bits per heavy atom. The lowest BCUT2D eigenvalue weighted by Gasteiger charge is -2.34. The van der Waals surface area contributed by atoms with Crippen molar-refractivity contribution in [2.24, 2.45) is 11.3 Å². The third-order valence-electron chi connectivity index (χ3n) is 9.06. The molecule has 3 N–H and O–H groups in total. The van der Waals surface area contributed by atoms with Gasteiger partial charge >= 0.3 is 6.18 Å². The summed E-state index contributed by atoms with van der Waals surface area (Å²) in [7, 11) is -4.46. The molecule has 1 amide bonds. The van der Waals surface area contributed by atoms with Crippen molar-refractivity contribution < 1.29 is 31.1 Å². The summed E-state index contributed by atoms with van der Waals surface area (Å²) in [4.78, 5) is 35.3. The molecule has 5 heterocycles. The molecule has 46 heavy (non-hydrogen) atoms. The Labute approximate surface area is 263 Å². The number of amides is 1. The summed E-state index contributed by atoms with van der Waals surface area (Å²) >= 11 is 0. The first-order chi connectivity index (χ1) is 21.7. The van der Waals surface area contributed by atoms with Gasteiger partial charge in [0.1, 0.15) is 11.6 Å². The van der Waals surface area contributed by atoms with E-state index in [1.54, 1.807) is 12.3 Å². The minimum Gasteiger partial charge on any atom is -0.477 e. The Hall–Kier alpha value is -4.08. The quantitative estimate of drug-likeness (QED) is 0.326. The van der Waals surface area contributed by atoms with Crippen LogP contribution in [-0.4, -0.2) is 65.5 Å². The molecule has 16 heteroatoms. The molecule has 248 valence electrons. The molecule has 0 unspecified atom stereocenters. The van der Waals surface area contributed by atoms with Gasteiger partial charge in [0.25, 0.3) is 15.9 Å². The van der Waals surface area contributed by atoms with Crippen molar-refractivity contribution in [1.82, 2.24) is 24.5 Å². The van der Waals surface area contributed by atoms with Gasteiger partial charge in [-0.3, -0.25) is 9.59 Å². The highest BCUT2D eigenvalue weighted by molar-refractivity contribution is 7.90. The SMILES string of the molecule is CC1(C)C[C@@H]2CCCNc3cc(=O)cc([nH]3)S(=O)(=O)NC(=O)c3ccc(-n4ccc(OCCCC5(C(F)(F)F)CC5)n4)nc3N1C2. The molecule has 3 aliphatic rings. The van der Waals surface area contributed by atoms with Crippen LogP contribution in [0.3, 0.4) is 0 Å². The van der Waals surface area contributed by atoms with Crippen LogP contribution in [0, 0.1) is 11.3 Å². The monoisotopic (exact) mass is 663 g/mol. The van der Waals surface area contributed by atoms with Crippen LogP contribution in [0.4, 0.5) is 24.8 Å². The standard InChI is InChI=1S/C30H36F3N7O5S/c1-28(2)17-19-5-3-12-34-22-15-20(41)16-25(35-22)46(43,44)38-27(42)21-6-7-23(36-26(21)39(28)18-19)40-13-8-24(37-40)45-14-4-9-29(10-11-29)30(31,32)33/h6-8,13,15-16,19H,3-5,9-12,14,17-18H2,1-2H3,(H,38,42)(H2,34,35,41)/t19-/m0/s1. The topological polar surface area (TPSA) is 151 Å². The number of sulfonamides is 1. The zero-order valence-electron chi connectivity index (χ0n) is 25.5. The molecule has 6 rings (SSSR count). The van der Waals surface area contributed by atoms with Crippen LogP contribution in [0.15, 0.2) is 46.3 Å². The molecule has 12 nitrogen and oxygen atoms in total. The van der Waals surface area contributed by atoms with Crippen LogP contribution >= 0.6 is 0 Å². The first kappa shape index (κ1) is 31.9. The second kappa shape index (κ2) is 11.6. The summed E-state index contributed by atoms with van der Waals surface area (Å²) < 4.78 is 75.2. The van der Waals surface area contributed by atoms with Crippen LogP contribution in [0.2, 0.25) is 0 Å². The van der Waals surface area contributed by atoms with Crippen LogP contribution in [0.5, 0.6) is 5.88 Å². The lowest BCUT2D eigenvalue weighted by Crippen LogP contribution is -2.41. The maximum atomic E-state index is 13.6. The molecule has 0 spiro atoms. The largest absolute Gasteiger partial charge is 0.477 e. The number of nitrogens with zero attached hydrogens (tertiary/aromatic N) is 4. The first-order valence-electron chi connectivity index (χ1n) is 15.3. The summed E-state index contributed by atoms with van der Waals surface area (Å²) in [5.41, 5.74) is -2.51. The Morgan fingerprint density at radius 3 is 2.65 bits per heavy atom. The molecule has 0 radical (unpaired) electrons. The summed E-state index contributed by atoms with van der Waals surface area (Å²) in [6.07, 6.45) is 0.347. The van der Waals surface area contributed by atoms with Crippen molar-refractivity contribution in [3.63, 3.8) is 0 Å². The number of pyridine rings is 2. The van der Waals surface area contributed by atoms with E-state index in [0.717, 1.165) is 25.3 Å². The average Bonchev–Trinajstić information content (AvgIpc) is 3.53. The summed E-state index contributed by atoms with van der Waals surface area (Å²) in [5, 5.41) is 7.00. The fourth-order valence-corrected chi connectivity index (χ4v) is 7.41. The predicted octanol–water partition coefficient (Wildman–Crippen LogP) is 4.39. The highest BCUT2D eigenvalue weighted by Crippen LogP contribution is 2.60. The predicted molar refractivity (Wildman–Crippen MR) is 163 cm³/mol. The highest BCUT2D eigenvalue weighted by atomic mass is 32.2. The van der Waals surface area contributed by atoms with Gasteiger partial charge in [0.05, 0.1) is 17.6 Å². The molecule has 2 fully saturated rings. The molecule has 1 saturated carbocycles. The van der Waals surface area contributed by atoms with E-state index in [4.69, 9.17) is 9.72 Å². The molecule has 1 aliphatic carbocycles. The number of carbonyl (C=O) groups is 1. The van der Waals surface area contributed by atoms with Gasteiger partial charge in [-0.25, -0.2) is 14.4 Å². The minimum atomic E-state index is -4.46. The maximum absolute atomic E-state index is 13.6. The fraction of sp³-hybridized carbons (Fsp3) is 0.533. The fourth-order valence-electron chi connectivity index (χ4n) is 6.43. The number of halogens is 3.